The number of carbonyl (C=O) groups is 1. The van der Waals surface area contributed by atoms with Gasteiger partial charge in [-0.15, -0.1) is 0 Å². The van der Waals surface area contributed by atoms with Crippen LogP contribution >= 0.6 is 0 Å². The Balaban J connectivity index is 1.33. The minimum absolute atomic E-state index is 0.0104. The van der Waals surface area contributed by atoms with Crippen LogP contribution in [0.3, 0.4) is 0 Å². The van der Waals surface area contributed by atoms with Gasteiger partial charge in [-0.3, -0.25) is 9.69 Å². The molecule has 2 aromatic carbocycles. The predicted octanol–water partition coefficient (Wildman–Crippen LogP) is 4.16. The lowest BCUT2D eigenvalue weighted by Crippen LogP contribution is -2.46. The fourth-order valence-electron chi connectivity index (χ4n) is 4.87. The van der Waals surface area contributed by atoms with Crippen molar-refractivity contribution in [2.45, 2.75) is 32.2 Å². The lowest BCUT2D eigenvalue weighted by Gasteiger charge is -2.35. The molecule has 32 heavy (non-hydrogen) atoms. The molecule has 0 unspecified atom stereocenters. The minimum atomic E-state index is -0.255. The summed E-state index contributed by atoms with van der Waals surface area (Å²) in [7, 11) is 0. The number of piperazine rings is 1. The van der Waals surface area contributed by atoms with Gasteiger partial charge in [0.2, 0.25) is 5.95 Å². The van der Waals surface area contributed by atoms with Gasteiger partial charge in [0.15, 0.2) is 5.78 Å². The smallest absolute Gasteiger partial charge is 0.225 e. The van der Waals surface area contributed by atoms with E-state index in [0.29, 0.717) is 29.9 Å². The summed E-state index contributed by atoms with van der Waals surface area (Å²) in [5.74, 6) is 0.259. The number of hydrogen-bond donors (Lipinski definition) is 0. The number of nitrogens with zero attached hydrogens (tertiary/aromatic N) is 4. The first-order valence-corrected chi connectivity index (χ1v) is 11.2. The standard InChI is InChI=1S/C26H27FN4O/c1-18-25-23(15-20(16-24(25)32)21-9-5-6-10-22(21)27)29-26(28-18)31-13-11-30(12-14-31)17-19-7-3-2-4-8-19/h2-10,20H,11-17H2,1H3/t20-/m0/s1. The highest BCUT2D eigenvalue weighted by molar-refractivity contribution is 5.99. The predicted molar refractivity (Wildman–Crippen MR) is 122 cm³/mol. The third-order valence-electron chi connectivity index (χ3n) is 6.55. The molecule has 0 N–H and O–H groups in total. The van der Waals surface area contributed by atoms with Crippen LogP contribution in [0.5, 0.6) is 0 Å². The minimum Gasteiger partial charge on any atom is -0.338 e. The average molecular weight is 431 g/mol. The Morgan fingerprint density at radius 3 is 2.41 bits per heavy atom. The van der Waals surface area contributed by atoms with Crippen molar-refractivity contribution in [2.24, 2.45) is 0 Å². The zero-order valence-electron chi connectivity index (χ0n) is 18.3. The van der Waals surface area contributed by atoms with E-state index in [4.69, 9.17) is 4.98 Å². The Kier molecular flexibility index (Phi) is 5.70. The van der Waals surface area contributed by atoms with E-state index < -0.39 is 0 Å². The fraction of sp³-hybridized carbons (Fsp3) is 0.346. The SMILES string of the molecule is Cc1nc(N2CCN(Cc3ccccc3)CC2)nc2c1C(=O)C[C@@H](c1ccccc1F)C2. The zero-order chi connectivity index (χ0) is 22.1. The molecule has 6 heteroatoms. The number of carbonyl (C=O) groups excluding carboxylic acids is 1. The van der Waals surface area contributed by atoms with Crippen LogP contribution in [0.15, 0.2) is 54.6 Å². The Morgan fingerprint density at radius 2 is 1.66 bits per heavy atom. The van der Waals surface area contributed by atoms with Crippen LogP contribution in [-0.2, 0) is 13.0 Å². The molecular weight excluding hydrogens is 403 g/mol. The third kappa shape index (κ3) is 4.15. The van der Waals surface area contributed by atoms with Crippen LogP contribution in [0.2, 0.25) is 0 Å². The lowest BCUT2D eigenvalue weighted by molar-refractivity contribution is 0.0961. The van der Waals surface area contributed by atoms with E-state index in [9.17, 15) is 9.18 Å². The molecule has 3 aromatic rings. The van der Waals surface area contributed by atoms with Gasteiger partial charge in [0.25, 0.3) is 0 Å². The van der Waals surface area contributed by atoms with E-state index in [2.05, 4.69) is 39.0 Å². The summed E-state index contributed by atoms with van der Waals surface area (Å²) in [6.45, 7) is 6.39. The number of rotatable bonds is 4. The molecule has 1 aliphatic carbocycles. The molecule has 2 heterocycles. The van der Waals surface area contributed by atoms with Gasteiger partial charge in [-0.2, -0.15) is 0 Å². The number of halogens is 1. The molecule has 164 valence electrons. The first kappa shape index (κ1) is 20.8. The van der Waals surface area contributed by atoms with Crippen LogP contribution in [0, 0.1) is 12.7 Å². The molecule has 0 amide bonds. The molecule has 2 aliphatic rings. The number of Topliss-reactive ketones (excluding diaryl/α,β-unsaturated/α-hetero) is 1. The monoisotopic (exact) mass is 430 g/mol. The zero-order valence-corrected chi connectivity index (χ0v) is 18.3. The van der Waals surface area contributed by atoms with Gasteiger partial charge in [0.05, 0.1) is 17.0 Å². The first-order valence-electron chi connectivity index (χ1n) is 11.2. The quantitative estimate of drug-likeness (QED) is 0.622. The van der Waals surface area contributed by atoms with Crippen molar-refractivity contribution in [1.29, 1.82) is 0 Å². The van der Waals surface area contributed by atoms with Gasteiger partial charge in [0.1, 0.15) is 5.82 Å². The summed E-state index contributed by atoms with van der Waals surface area (Å²) in [6, 6.07) is 17.2. The third-order valence-corrected chi connectivity index (χ3v) is 6.55. The van der Waals surface area contributed by atoms with Crippen molar-refractivity contribution < 1.29 is 9.18 Å². The summed E-state index contributed by atoms with van der Waals surface area (Å²) in [6.07, 6.45) is 0.863. The Hall–Kier alpha value is -3.12. The largest absolute Gasteiger partial charge is 0.338 e. The summed E-state index contributed by atoms with van der Waals surface area (Å²) in [4.78, 5) is 27.0. The maximum absolute atomic E-state index is 14.4. The molecule has 1 atom stereocenters. The molecule has 0 radical (unpaired) electrons. The molecule has 5 nitrogen and oxygen atoms in total. The van der Waals surface area contributed by atoms with E-state index >= 15 is 0 Å². The number of benzene rings is 2. The number of aromatic nitrogens is 2. The van der Waals surface area contributed by atoms with Gasteiger partial charge in [-0.25, -0.2) is 14.4 Å². The molecule has 0 saturated carbocycles. The van der Waals surface area contributed by atoms with E-state index in [1.807, 2.05) is 19.1 Å². The van der Waals surface area contributed by atoms with Gasteiger partial charge in [-0.05, 0) is 36.5 Å². The highest BCUT2D eigenvalue weighted by atomic mass is 19.1. The van der Waals surface area contributed by atoms with Crippen LogP contribution in [0.25, 0.3) is 0 Å². The van der Waals surface area contributed by atoms with E-state index in [-0.39, 0.29) is 17.5 Å². The number of ketones is 1. The maximum Gasteiger partial charge on any atom is 0.225 e. The molecule has 1 aromatic heterocycles. The highest BCUT2D eigenvalue weighted by Gasteiger charge is 2.32. The summed E-state index contributed by atoms with van der Waals surface area (Å²) in [5, 5.41) is 0. The second-order valence-electron chi connectivity index (χ2n) is 8.73. The van der Waals surface area contributed by atoms with E-state index in [0.717, 1.165) is 44.1 Å². The van der Waals surface area contributed by atoms with Crippen LogP contribution in [-0.4, -0.2) is 46.8 Å². The molecule has 1 saturated heterocycles. The molecule has 1 aliphatic heterocycles. The van der Waals surface area contributed by atoms with Gasteiger partial charge in [0, 0.05) is 39.1 Å². The van der Waals surface area contributed by atoms with Crippen LogP contribution in [0.1, 0.15) is 45.2 Å². The molecule has 0 bridgehead atoms. The molecular formula is C26H27FN4O. The number of hydrogen-bond acceptors (Lipinski definition) is 5. The Bertz CT molecular complexity index is 1130. The second-order valence-corrected chi connectivity index (χ2v) is 8.73. The van der Waals surface area contributed by atoms with E-state index in [1.165, 1.54) is 11.6 Å². The van der Waals surface area contributed by atoms with Crippen molar-refractivity contribution in [1.82, 2.24) is 14.9 Å². The Morgan fingerprint density at radius 1 is 0.938 bits per heavy atom. The number of fused-ring (bicyclic) bond motifs is 1. The number of aryl methyl sites for hydroxylation is 1. The molecule has 5 rings (SSSR count). The lowest BCUT2D eigenvalue weighted by atomic mass is 9.81. The average Bonchev–Trinajstić information content (AvgIpc) is 2.80. The van der Waals surface area contributed by atoms with Crippen molar-refractivity contribution in [3.63, 3.8) is 0 Å². The van der Waals surface area contributed by atoms with E-state index in [1.54, 1.807) is 12.1 Å². The summed E-state index contributed by atoms with van der Waals surface area (Å²) < 4.78 is 14.4. The normalized spacial score (nSPS) is 19.1. The van der Waals surface area contributed by atoms with Crippen molar-refractivity contribution in [2.75, 3.05) is 31.1 Å². The first-order chi connectivity index (χ1) is 15.6. The van der Waals surface area contributed by atoms with Gasteiger partial charge in [-0.1, -0.05) is 48.5 Å². The second kappa shape index (κ2) is 8.79. The fourth-order valence-corrected chi connectivity index (χ4v) is 4.87. The van der Waals surface area contributed by atoms with Crippen molar-refractivity contribution in [3.05, 3.63) is 88.5 Å². The maximum atomic E-state index is 14.4. The topological polar surface area (TPSA) is 49.3 Å². The summed E-state index contributed by atoms with van der Waals surface area (Å²) in [5.41, 5.74) is 4.03. The van der Waals surface area contributed by atoms with Crippen molar-refractivity contribution in [3.8, 4) is 0 Å². The Labute approximate surface area is 187 Å². The van der Waals surface area contributed by atoms with Crippen LogP contribution in [0.4, 0.5) is 10.3 Å². The highest BCUT2D eigenvalue weighted by Crippen LogP contribution is 2.34. The summed E-state index contributed by atoms with van der Waals surface area (Å²) >= 11 is 0. The van der Waals surface area contributed by atoms with Crippen LogP contribution < -0.4 is 4.90 Å². The molecule has 1 fully saturated rings. The van der Waals surface area contributed by atoms with Gasteiger partial charge < -0.3 is 4.90 Å². The van der Waals surface area contributed by atoms with Crippen molar-refractivity contribution >= 4 is 11.7 Å². The molecule has 0 spiro atoms. The number of anilines is 1. The van der Waals surface area contributed by atoms with Gasteiger partial charge >= 0.3 is 0 Å².